The molecule has 3 N–H and O–H groups in total. The summed E-state index contributed by atoms with van der Waals surface area (Å²) in [5.41, 5.74) is 4.12. The quantitative estimate of drug-likeness (QED) is 0.369. The van der Waals surface area contributed by atoms with Gasteiger partial charge < -0.3 is 14.7 Å². The second-order valence-electron chi connectivity index (χ2n) is 7.37. The van der Waals surface area contributed by atoms with E-state index in [2.05, 4.69) is 24.8 Å². The molecule has 1 unspecified atom stereocenters. The molecule has 0 bridgehead atoms. The summed E-state index contributed by atoms with van der Waals surface area (Å²) in [5, 5.41) is 10.2. The summed E-state index contributed by atoms with van der Waals surface area (Å²) < 4.78 is 5.38. The minimum Gasteiger partial charge on any atom is -0.442 e. The molecule has 0 aromatic carbocycles. The van der Waals surface area contributed by atoms with Crippen molar-refractivity contribution in [2.24, 2.45) is 5.92 Å². The first-order chi connectivity index (χ1) is 12.7. The first-order valence-electron chi connectivity index (χ1n) is 9.72. The molecule has 0 heterocycles. The van der Waals surface area contributed by atoms with Gasteiger partial charge in [-0.15, -0.1) is 0 Å². The highest BCUT2D eigenvalue weighted by Crippen LogP contribution is 2.12. The van der Waals surface area contributed by atoms with Gasteiger partial charge in [-0.2, -0.15) is 0 Å². The summed E-state index contributed by atoms with van der Waals surface area (Å²) in [6.07, 6.45) is 5.86. The number of carbonyl (C=O) groups is 3. The van der Waals surface area contributed by atoms with E-state index in [-0.39, 0.29) is 12.5 Å². The lowest BCUT2D eigenvalue weighted by Crippen LogP contribution is -2.51. The molecule has 0 radical (unpaired) electrons. The molecule has 0 aliphatic rings. The smallest absolute Gasteiger partial charge is 0.429 e. The molecular weight excluding hydrogens is 350 g/mol. The minimum absolute atomic E-state index is 0.159. The van der Waals surface area contributed by atoms with Crippen LogP contribution in [0.5, 0.6) is 0 Å². The van der Waals surface area contributed by atoms with Gasteiger partial charge in [0.2, 0.25) is 5.91 Å². The molecule has 0 aliphatic carbocycles. The highest BCUT2D eigenvalue weighted by atomic mass is 16.6. The number of carbonyl (C=O) groups excluding carboxylic acids is 3. The van der Waals surface area contributed by atoms with Crippen molar-refractivity contribution in [2.45, 2.75) is 85.2 Å². The Morgan fingerprint density at radius 1 is 1.07 bits per heavy atom. The van der Waals surface area contributed by atoms with E-state index >= 15 is 0 Å². The van der Waals surface area contributed by atoms with Crippen LogP contribution in [0, 0.1) is 5.92 Å². The molecule has 0 saturated carbocycles. The highest BCUT2D eigenvalue weighted by molar-refractivity contribution is 5.81. The maximum Gasteiger partial charge on any atom is 0.429 e. The van der Waals surface area contributed by atoms with Crippen LogP contribution in [0.15, 0.2) is 0 Å². The van der Waals surface area contributed by atoms with Crippen molar-refractivity contribution in [3.8, 4) is 0 Å². The van der Waals surface area contributed by atoms with Crippen molar-refractivity contribution in [3.63, 3.8) is 0 Å². The lowest BCUT2D eigenvalue weighted by molar-refractivity contribution is -0.130. The van der Waals surface area contributed by atoms with E-state index in [0.29, 0.717) is 13.0 Å². The van der Waals surface area contributed by atoms with Gasteiger partial charge in [-0.05, 0) is 33.6 Å². The van der Waals surface area contributed by atoms with Crippen LogP contribution in [-0.4, -0.2) is 47.7 Å². The molecular formula is C19H39N3O5. The zero-order valence-electron chi connectivity index (χ0n) is 17.7. The van der Waals surface area contributed by atoms with Crippen LogP contribution in [0.4, 0.5) is 4.79 Å². The van der Waals surface area contributed by atoms with Crippen LogP contribution in [0.3, 0.4) is 0 Å². The van der Waals surface area contributed by atoms with Gasteiger partial charge in [0.1, 0.15) is 12.4 Å². The van der Waals surface area contributed by atoms with Crippen molar-refractivity contribution in [1.82, 2.24) is 15.9 Å². The molecule has 27 heavy (non-hydrogen) atoms. The third kappa shape index (κ3) is 15.1. The fourth-order valence-electron chi connectivity index (χ4n) is 2.33. The molecule has 0 saturated heterocycles. The standard InChI is InChI=1S/C18H37N3O4.CH2O/c1-6-8-10-12-15(14-19-24)16(22)20-21(13-11-9-7-2)17(23)25-18(3,4)5;1-2/h15,19,24H,6-14H2,1-5H3,(H,20,22);1H2. The van der Waals surface area contributed by atoms with Gasteiger partial charge in [0, 0.05) is 13.1 Å². The number of rotatable bonds is 11. The molecule has 0 spiro atoms. The summed E-state index contributed by atoms with van der Waals surface area (Å²) >= 11 is 0. The number of ether oxygens (including phenoxy) is 1. The second kappa shape index (κ2) is 16.5. The van der Waals surface area contributed by atoms with E-state index in [1.807, 2.05) is 6.79 Å². The fourth-order valence-corrected chi connectivity index (χ4v) is 2.33. The monoisotopic (exact) mass is 389 g/mol. The Morgan fingerprint density at radius 3 is 2.11 bits per heavy atom. The van der Waals surface area contributed by atoms with Crippen LogP contribution >= 0.6 is 0 Å². The lowest BCUT2D eigenvalue weighted by Gasteiger charge is -2.29. The Morgan fingerprint density at radius 2 is 1.63 bits per heavy atom. The van der Waals surface area contributed by atoms with Crippen LogP contribution in [0.1, 0.15) is 79.6 Å². The number of hydroxylamine groups is 1. The Kier molecular flexibility index (Phi) is 16.8. The average molecular weight is 390 g/mol. The van der Waals surface area contributed by atoms with E-state index in [1.165, 1.54) is 5.01 Å². The van der Waals surface area contributed by atoms with Crippen molar-refractivity contribution < 1.29 is 24.3 Å². The summed E-state index contributed by atoms with van der Waals surface area (Å²) in [6, 6.07) is 0. The molecule has 2 amide bonds. The van der Waals surface area contributed by atoms with Crippen LogP contribution < -0.4 is 10.9 Å². The number of nitrogens with one attached hydrogen (secondary N) is 2. The van der Waals surface area contributed by atoms with Gasteiger partial charge in [0.05, 0.1) is 5.92 Å². The van der Waals surface area contributed by atoms with Crippen molar-refractivity contribution >= 4 is 18.8 Å². The van der Waals surface area contributed by atoms with Crippen LogP contribution in [-0.2, 0) is 14.3 Å². The number of hydrogen-bond donors (Lipinski definition) is 3. The largest absolute Gasteiger partial charge is 0.442 e. The van der Waals surface area contributed by atoms with Gasteiger partial charge >= 0.3 is 6.09 Å². The summed E-state index contributed by atoms with van der Waals surface area (Å²) in [6.45, 7) is 12.1. The first-order valence-corrected chi connectivity index (χ1v) is 9.72. The normalized spacial score (nSPS) is 11.8. The second-order valence-corrected chi connectivity index (χ2v) is 7.37. The topological polar surface area (TPSA) is 108 Å². The number of hydrazine groups is 1. The predicted molar refractivity (Wildman–Crippen MR) is 105 cm³/mol. The van der Waals surface area contributed by atoms with E-state index < -0.39 is 17.6 Å². The Bertz CT molecular complexity index is 399. The molecule has 0 rings (SSSR count). The summed E-state index contributed by atoms with van der Waals surface area (Å²) in [4.78, 5) is 32.9. The van der Waals surface area contributed by atoms with E-state index in [4.69, 9.17) is 14.7 Å². The molecule has 0 fully saturated rings. The maximum atomic E-state index is 12.5. The molecule has 1 atom stereocenters. The number of hydrogen-bond acceptors (Lipinski definition) is 6. The average Bonchev–Trinajstić information content (AvgIpc) is 2.60. The lowest BCUT2D eigenvalue weighted by atomic mass is 10.0. The molecule has 0 aromatic rings. The summed E-state index contributed by atoms with van der Waals surface area (Å²) in [7, 11) is 0. The Labute approximate surface area is 163 Å². The van der Waals surface area contributed by atoms with Gasteiger partial charge in [0.15, 0.2) is 0 Å². The first kappa shape index (κ1) is 27.5. The number of unbranched alkanes of at least 4 members (excludes halogenated alkanes) is 4. The minimum atomic E-state index is -0.627. The van der Waals surface area contributed by atoms with E-state index in [1.54, 1.807) is 20.8 Å². The molecule has 8 nitrogen and oxygen atoms in total. The van der Waals surface area contributed by atoms with Crippen molar-refractivity contribution in [1.29, 1.82) is 0 Å². The molecule has 0 aromatic heterocycles. The predicted octanol–water partition coefficient (Wildman–Crippen LogP) is 3.44. The van der Waals surface area contributed by atoms with E-state index in [0.717, 1.165) is 38.5 Å². The van der Waals surface area contributed by atoms with Gasteiger partial charge in [0.25, 0.3) is 0 Å². The van der Waals surface area contributed by atoms with E-state index in [9.17, 15) is 9.59 Å². The van der Waals surface area contributed by atoms with Crippen LogP contribution in [0.25, 0.3) is 0 Å². The molecule has 0 aliphatic heterocycles. The van der Waals surface area contributed by atoms with Gasteiger partial charge in [-0.25, -0.2) is 15.3 Å². The Balaban J connectivity index is 0. The van der Waals surface area contributed by atoms with Gasteiger partial charge in [-0.3, -0.25) is 10.2 Å². The summed E-state index contributed by atoms with van der Waals surface area (Å²) in [5.74, 6) is -0.673. The number of nitrogens with zero attached hydrogens (tertiary/aromatic N) is 1. The molecule has 160 valence electrons. The highest BCUT2D eigenvalue weighted by Gasteiger charge is 2.26. The third-order valence-electron chi connectivity index (χ3n) is 3.71. The van der Waals surface area contributed by atoms with Gasteiger partial charge in [-0.1, -0.05) is 46.0 Å². The van der Waals surface area contributed by atoms with Crippen LogP contribution in [0.2, 0.25) is 0 Å². The molecule has 8 heteroatoms. The Hall–Kier alpha value is -1.67. The fraction of sp³-hybridized carbons (Fsp3) is 0.842. The van der Waals surface area contributed by atoms with Crippen molar-refractivity contribution in [2.75, 3.05) is 13.1 Å². The number of amides is 2. The zero-order chi connectivity index (χ0) is 21.3. The zero-order valence-corrected chi connectivity index (χ0v) is 17.7. The maximum absolute atomic E-state index is 12.5. The van der Waals surface area contributed by atoms with Crippen molar-refractivity contribution in [3.05, 3.63) is 0 Å². The SMILES string of the molecule is C=O.CCCCCC(CNO)C(=O)NN(CCCCC)C(=O)OC(C)(C)C. The third-order valence-corrected chi connectivity index (χ3v) is 3.71.